The monoisotopic (exact) mass is 436 g/mol. The van der Waals surface area contributed by atoms with Crippen LogP contribution in [0.3, 0.4) is 0 Å². The number of nitrogens with one attached hydrogen (secondary N) is 1. The zero-order valence-electron chi connectivity index (χ0n) is 17.0. The molecule has 2 aliphatic rings. The molecule has 1 saturated carbocycles. The third-order valence-corrected chi connectivity index (χ3v) is 6.01. The van der Waals surface area contributed by atoms with Crippen molar-refractivity contribution in [2.75, 3.05) is 11.4 Å². The van der Waals surface area contributed by atoms with Crippen molar-refractivity contribution in [1.82, 2.24) is 15.5 Å². The van der Waals surface area contributed by atoms with E-state index < -0.39 is 23.2 Å². The van der Waals surface area contributed by atoms with Gasteiger partial charge in [-0.3, -0.25) is 9.59 Å². The average Bonchev–Trinajstić information content (AvgIpc) is 3.34. The summed E-state index contributed by atoms with van der Waals surface area (Å²) < 4.78 is 44.2. The minimum atomic E-state index is -4.51. The maximum absolute atomic E-state index is 13.1. The van der Waals surface area contributed by atoms with E-state index in [-0.39, 0.29) is 30.5 Å². The molecule has 10 heteroatoms. The standard InChI is InChI=1S/C21H23F3N4O3/c1-13-25-19(27-31-13)20(8-3-2-4-9-20)26-18(30)14-10-17(29)28(12-14)16-7-5-6-15(11-16)21(22,23)24/h5-7,11,14H,2-4,8-10,12H2,1H3,(H,26,30). The van der Waals surface area contributed by atoms with Crippen molar-refractivity contribution in [3.8, 4) is 0 Å². The molecule has 0 spiro atoms. The van der Waals surface area contributed by atoms with Gasteiger partial charge in [-0.15, -0.1) is 0 Å². The van der Waals surface area contributed by atoms with Crippen LogP contribution in [-0.2, 0) is 21.3 Å². The van der Waals surface area contributed by atoms with E-state index in [0.717, 1.165) is 31.4 Å². The van der Waals surface area contributed by atoms with Crippen molar-refractivity contribution < 1.29 is 27.3 Å². The van der Waals surface area contributed by atoms with Crippen molar-refractivity contribution in [2.45, 2.75) is 57.2 Å². The Bertz CT molecular complexity index is 982. The first kappa shape index (κ1) is 21.3. The van der Waals surface area contributed by atoms with E-state index in [1.807, 2.05) is 0 Å². The number of hydrogen-bond acceptors (Lipinski definition) is 5. The molecule has 2 amide bonds. The molecule has 0 bridgehead atoms. The van der Waals surface area contributed by atoms with Gasteiger partial charge in [-0.05, 0) is 31.0 Å². The molecule has 7 nitrogen and oxygen atoms in total. The Balaban J connectivity index is 1.51. The van der Waals surface area contributed by atoms with Crippen LogP contribution in [0.25, 0.3) is 0 Å². The molecule has 0 radical (unpaired) electrons. The highest BCUT2D eigenvalue weighted by Gasteiger charge is 2.43. The van der Waals surface area contributed by atoms with Crippen molar-refractivity contribution in [3.05, 3.63) is 41.5 Å². The van der Waals surface area contributed by atoms with Crippen LogP contribution in [0.1, 0.15) is 55.8 Å². The van der Waals surface area contributed by atoms with Crippen LogP contribution in [-0.4, -0.2) is 28.5 Å². The largest absolute Gasteiger partial charge is 0.416 e. The van der Waals surface area contributed by atoms with E-state index in [9.17, 15) is 22.8 Å². The lowest BCUT2D eigenvalue weighted by molar-refractivity contribution is -0.137. The molecule has 2 aromatic rings. The second-order valence-corrected chi connectivity index (χ2v) is 8.22. The van der Waals surface area contributed by atoms with E-state index in [1.54, 1.807) is 6.92 Å². The van der Waals surface area contributed by atoms with Gasteiger partial charge in [-0.2, -0.15) is 18.2 Å². The Morgan fingerprint density at radius 3 is 2.65 bits per heavy atom. The van der Waals surface area contributed by atoms with Gasteiger partial charge in [0.1, 0.15) is 5.54 Å². The number of carbonyl (C=O) groups is 2. The second-order valence-electron chi connectivity index (χ2n) is 8.22. The smallest absolute Gasteiger partial charge is 0.343 e. The molecule has 4 rings (SSSR count). The van der Waals surface area contributed by atoms with Gasteiger partial charge in [0, 0.05) is 25.6 Å². The van der Waals surface area contributed by atoms with E-state index in [0.29, 0.717) is 24.6 Å². The summed E-state index contributed by atoms with van der Waals surface area (Å²) in [4.78, 5) is 31.2. The minimum absolute atomic E-state index is 0.0212. The van der Waals surface area contributed by atoms with Crippen LogP contribution >= 0.6 is 0 Å². The quantitative estimate of drug-likeness (QED) is 0.789. The van der Waals surface area contributed by atoms with E-state index in [2.05, 4.69) is 15.5 Å². The maximum atomic E-state index is 13.1. The lowest BCUT2D eigenvalue weighted by Crippen LogP contribution is -2.50. The normalized spacial score (nSPS) is 21.4. The fourth-order valence-corrected chi connectivity index (χ4v) is 4.37. The minimum Gasteiger partial charge on any atom is -0.343 e. The molecule has 1 unspecified atom stereocenters. The van der Waals surface area contributed by atoms with Crippen LogP contribution in [0.15, 0.2) is 28.8 Å². The summed E-state index contributed by atoms with van der Waals surface area (Å²) in [5, 5.41) is 7.07. The van der Waals surface area contributed by atoms with Gasteiger partial charge in [0.2, 0.25) is 17.7 Å². The summed E-state index contributed by atoms with van der Waals surface area (Å²) in [6, 6.07) is 4.59. The van der Waals surface area contributed by atoms with E-state index in [4.69, 9.17) is 4.52 Å². The van der Waals surface area contributed by atoms with Gasteiger partial charge >= 0.3 is 6.18 Å². The molecule has 1 aliphatic carbocycles. The number of rotatable bonds is 4. The molecular weight excluding hydrogens is 413 g/mol. The zero-order valence-corrected chi connectivity index (χ0v) is 17.0. The van der Waals surface area contributed by atoms with Gasteiger partial charge in [0.25, 0.3) is 0 Å². The molecule has 1 saturated heterocycles. The van der Waals surface area contributed by atoms with Gasteiger partial charge in [0.15, 0.2) is 5.82 Å². The van der Waals surface area contributed by atoms with E-state index >= 15 is 0 Å². The van der Waals surface area contributed by atoms with Gasteiger partial charge in [0.05, 0.1) is 11.5 Å². The number of anilines is 1. The van der Waals surface area contributed by atoms with Crippen LogP contribution in [0.4, 0.5) is 18.9 Å². The average molecular weight is 436 g/mol. The molecule has 1 atom stereocenters. The summed E-state index contributed by atoms with van der Waals surface area (Å²) in [6.07, 6.45) is -0.415. The molecular formula is C21H23F3N4O3. The highest BCUT2D eigenvalue weighted by atomic mass is 19.4. The predicted octanol–water partition coefficient (Wildman–Crippen LogP) is 3.73. The summed E-state index contributed by atoms with van der Waals surface area (Å²) in [5.74, 6) is -0.549. The molecule has 1 N–H and O–H groups in total. The molecule has 31 heavy (non-hydrogen) atoms. The Morgan fingerprint density at radius 1 is 1.26 bits per heavy atom. The molecule has 1 aliphatic heterocycles. The number of hydrogen-bond donors (Lipinski definition) is 1. The summed E-state index contributed by atoms with van der Waals surface area (Å²) in [7, 11) is 0. The number of benzene rings is 1. The van der Waals surface area contributed by atoms with Crippen LogP contribution in [0.2, 0.25) is 0 Å². The van der Waals surface area contributed by atoms with Crippen LogP contribution < -0.4 is 10.2 Å². The summed E-state index contributed by atoms with van der Waals surface area (Å²) in [6.45, 7) is 1.70. The Morgan fingerprint density at radius 2 is 2.00 bits per heavy atom. The lowest BCUT2D eigenvalue weighted by Gasteiger charge is -2.36. The number of halogens is 3. The SMILES string of the molecule is Cc1nc(C2(NC(=O)C3CC(=O)N(c4cccc(C(F)(F)F)c4)C3)CCCCC2)no1. The van der Waals surface area contributed by atoms with Crippen LogP contribution in [0.5, 0.6) is 0 Å². The first-order valence-electron chi connectivity index (χ1n) is 10.3. The fraction of sp³-hybridized carbons (Fsp3) is 0.524. The van der Waals surface area contributed by atoms with Crippen molar-refractivity contribution in [2.24, 2.45) is 5.92 Å². The summed E-state index contributed by atoms with van der Waals surface area (Å²) in [5.41, 5.74) is -1.45. The van der Waals surface area contributed by atoms with Crippen molar-refractivity contribution in [3.63, 3.8) is 0 Å². The lowest BCUT2D eigenvalue weighted by atomic mass is 9.80. The molecule has 2 heterocycles. The Kier molecular flexibility index (Phi) is 5.49. The number of aromatic nitrogens is 2. The first-order valence-corrected chi connectivity index (χ1v) is 10.3. The second kappa shape index (κ2) is 7.97. The molecule has 1 aromatic heterocycles. The maximum Gasteiger partial charge on any atom is 0.416 e. The fourth-order valence-electron chi connectivity index (χ4n) is 4.37. The Hall–Kier alpha value is -2.91. The third-order valence-electron chi connectivity index (χ3n) is 6.01. The number of aryl methyl sites for hydroxylation is 1. The van der Waals surface area contributed by atoms with Crippen molar-refractivity contribution >= 4 is 17.5 Å². The topological polar surface area (TPSA) is 88.3 Å². The van der Waals surface area contributed by atoms with Gasteiger partial charge in [-0.1, -0.05) is 30.5 Å². The molecule has 2 fully saturated rings. The zero-order chi connectivity index (χ0) is 22.2. The van der Waals surface area contributed by atoms with E-state index in [1.165, 1.54) is 17.0 Å². The van der Waals surface area contributed by atoms with Gasteiger partial charge in [-0.25, -0.2) is 0 Å². The summed E-state index contributed by atoms with van der Waals surface area (Å²) >= 11 is 0. The van der Waals surface area contributed by atoms with Crippen LogP contribution in [0, 0.1) is 12.8 Å². The number of alkyl halides is 3. The molecule has 166 valence electrons. The predicted molar refractivity (Wildman–Crippen MR) is 104 cm³/mol. The van der Waals surface area contributed by atoms with Crippen molar-refractivity contribution in [1.29, 1.82) is 0 Å². The number of carbonyl (C=O) groups excluding carboxylic acids is 2. The number of nitrogens with zero attached hydrogens (tertiary/aromatic N) is 3. The number of amides is 2. The molecule has 1 aromatic carbocycles. The highest BCUT2D eigenvalue weighted by molar-refractivity contribution is 6.00. The van der Waals surface area contributed by atoms with Gasteiger partial charge < -0.3 is 14.7 Å². The third kappa shape index (κ3) is 4.28. The highest BCUT2D eigenvalue weighted by Crippen LogP contribution is 2.37. The first-order chi connectivity index (χ1) is 14.7. The Labute approximate surface area is 177 Å².